The minimum Gasteiger partial charge on any atom is -0.398 e. The lowest BCUT2D eigenvalue weighted by Gasteiger charge is -2.07. The van der Waals surface area contributed by atoms with Gasteiger partial charge in [-0.15, -0.1) is 0 Å². The highest BCUT2D eigenvalue weighted by atomic mass is 79.9. The quantitative estimate of drug-likeness (QED) is 0.506. The number of nitrogen functional groups attached to an aromatic ring is 1. The Balaban J connectivity index is 2.32. The Morgan fingerprint density at radius 3 is 2.70 bits per heavy atom. The number of nitrogens with two attached hydrogens (primary N) is 1. The van der Waals surface area contributed by atoms with E-state index in [1.54, 1.807) is 25.3 Å². The first-order chi connectivity index (χ1) is 9.54. The molecule has 0 heterocycles. The summed E-state index contributed by atoms with van der Waals surface area (Å²) in [7, 11) is 1.57. The van der Waals surface area contributed by atoms with Crippen LogP contribution in [0.15, 0.2) is 22.7 Å². The fraction of sp³-hybridized carbons (Fsp3) is 0.385. The van der Waals surface area contributed by atoms with E-state index in [9.17, 15) is 9.59 Å². The number of carbonyl (C=O) groups is 2. The van der Waals surface area contributed by atoms with Gasteiger partial charge in [0.15, 0.2) is 0 Å². The van der Waals surface area contributed by atoms with Gasteiger partial charge in [0, 0.05) is 42.3 Å². The molecule has 0 aromatic heterocycles. The van der Waals surface area contributed by atoms with Crippen LogP contribution in [0.3, 0.4) is 0 Å². The summed E-state index contributed by atoms with van der Waals surface area (Å²) in [6, 6.07) is 4.95. The molecule has 4 N–H and O–H groups in total. The molecule has 0 saturated carbocycles. The Labute approximate surface area is 126 Å². The number of ether oxygens (including phenoxy) is 1. The van der Waals surface area contributed by atoms with E-state index >= 15 is 0 Å². The number of benzene rings is 1. The van der Waals surface area contributed by atoms with Gasteiger partial charge in [-0.1, -0.05) is 0 Å². The minimum atomic E-state index is -0.256. The number of methoxy groups -OCH3 is 1. The molecule has 1 aromatic carbocycles. The van der Waals surface area contributed by atoms with Gasteiger partial charge in [-0.3, -0.25) is 9.59 Å². The summed E-state index contributed by atoms with van der Waals surface area (Å²) < 4.78 is 5.56. The topological polar surface area (TPSA) is 93.5 Å². The van der Waals surface area contributed by atoms with Crippen LogP contribution in [0, 0.1) is 0 Å². The molecule has 6 nitrogen and oxygen atoms in total. The lowest BCUT2D eigenvalue weighted by molar-refractivity contribution is -0.121. The van der Waals surface area contributed by atoms with Crippen molar-refractivity contribution in [1.29, 1.82) is 0 Å². The minimum absolute atomic E-state index is 0.127. The molecular weight excluding hydrogens is 326 g/mol. The Morgan fingerprint density at radius 1 is 1.30 bits per heavy atom. The fourth-order valence-electron chi connectivity index (χ4n) is 1.46. The highest BCUT2D eigenvalue weighted by molar-refractivity contribution is 9.10. The third kappa shape index (κ3) is 5.58. The van der Waals surface area contributed by atoms with Gasteiger partial charge in [-0.05, 0) is 34.1 Å². The molecule has 0 bridgehead atoms. The molecule has 2 amide bonds. The van der Waals surface area contributed by atoms with Crippen LogP contribution in [0.4, 0.5) is 5.69 Å². The molecule has 0 aliphatic rings. The zero-order chi connectivity index (χ0) is 15.0. The predicted molar refractivity (Wildman–Crippen MR) is 80.4 cm³/mol. The van der Waals surface area contributed by atoms with Crippen molar-refractivity contribution in [1.82, 2.24) is 10.6 Å². The number of halogens is 1. The van der Waals surface area contributed by atoms with Crippen molar-refractivity contribution in [2.24, 2.45) is 0 Å². The normalized spacial score (nSPS) is 10.1. The van der Waals surface area contributed by atoms with Gasteiger partial charge in [0.25, 0.3) is 5.91 Å². The Bertz CT molecular complexity index is 480. The number of hydrogen-bond acceptors (Lipinski definition) is 4. The second kappa shape index (κ2) is 8.55. The average Bonchev–Trinajstić information content (AvgIpc) is 2.42. The van der Waals surface area contributed by atoms with E-state index in [0.29, 0.717) is 24.4 Å². The summed E-state index contributed by atoms with van der Waals surface area (Å²) in [4.78, 5) is 23.2. The van der Waals surface area contributed by atoms with Crippen LogP contribution >= 0.6 is 15.9 Å². The summed E-state index contributed by atoms with van der Waals surface area (Å²) in [5, 5.41) is 5.34. The lowest BCUT2D eigenvalue weighted by Crippen LogP contribution is -2.32. The molecule has 1 rings (SSSR count). The van der Waals surface area contributed by atoms with Crippen LogP contribution in [0.2, 0.25) is 0 Å². The molecule has 0 atom stereocenters. The molecule has 0 saturated heterocycles. The van der Waals surface area contributed by atoms with Crippen molar-refractivity contribution in [3.05, 3.63) is 28.2 Å². The van der Waals surface area contributed by atoms with E-state index in [-0.39, 0.29) is 24.8 Å². The van der Waals surface area contributed by atoms with E-state index in [1.807, 2.05) is 0 Å². The summed E-state index contributed by atoms with van der Waals surface area (Å²) in [6.07, 6.45) is 0.224. The van der Waals surface area contributed by atoms with Crippen LogP contribution in [-0.2, 0) is 9.53 Å². The molecule has 0 fully saturated rings. The molecular formula is C13H18BrN3O3. The summed E-state index contributed by atoms with van der Waals surface area (Å²) >= 11 is 3.26. The van der Waals surface area contributed by atoms with Crippen molar-refractivity contribution in [3.8, 4) is 0 Å². The van der Waals surface area contributed by atoms with E-state index < -0.39 is 0 Å². The molecule has 0 unspecified atom stereocenters. The largest absolute Gasteiger partial charge is 0.398 e. The maximum Gasteiger partial charge on any atom is 0.251 e. The maximum atomic E-state index is 11.8. The lowest BCUT2D eigenvalue weighted by atomic mass is 10.2. The first-order valence-electron chi connectivity index (χ1n) is 6.13. The number of amides is 2. The van der Waals surface area contributed by atoms with Crippen molar-refractivity contribution in [3.63, 3.8) is 0 Å². The van der Waals surface area contributed by atoms with Crippen LogP contribution < -0.4 is 16.4 Å². The Morgan fingerprint density at radius 2 is 2.05 bits per heavy atom. The van der Waals surface area contributed by atoms with Crippen molar-refractivity contribution in [2.75, 3.05) is 32.5 Å². The van der Waals surface area contributed by atoms with Gasteiger partial charge < -0.3 is 21.1 Å². The van der Waals surface area contributed by atoms with E-state index in [0.717, 1.165) is 4.47 Å². The third-order valence-corrected chi connectivity index (χ3v) is 3.25. The molecule has 110 valence electrons. The van der Waals surface area contributed by atoms with Crippen LogP contribution in [0.1, 0.15) is 16.8 Å². The van der Waals surface area contributed by atoms with Gasteiger partial charge in [0.2, 0.25) is 5.91 Å². The molecule has 0 spiro atoms. The van der Waals surface area contributed by atoms with Crippen molar-refractivity contribution in [2.45, 2.75) is 6.42 Å². The number of anilines is 1. The number of rotatable bonds is 7. The molecule has 1 aromatic rings. The molecule has 20 heavy (non-hydrogen) atoms. The van der Waals surface area contributed by atoms with Crippen molar-refractivity contribution < 1.29 is 14.3 Å². The average molecular weight is 344 g/mol. The zero-order valence-corrected chi connectivity index (χ0v) is 12.8. The second-order valence-corrected chi connectivity index (χ2v) is 4.94. The summed E-state index contributed by atoms with van der Waals surface area (Å²) in [5.74, 6) is -0.383. The smallest absolute Gasteiger partial charge is 0.251 e. The van der Waals surface area contributed by atoms with E-state index in [2.05, 4.69) is 26.6 Å². The summed E-state index contributed by atoms with van der Waals surface area (Å²) in [6.45, 7) is 1.20. The first kappa shape index (κ1) is 16.5. The highest BCUT2D eigenvalue weighted by Gasteiger charge is 2.08. The van der Waals surface area contributed by atoms with Crippen molar-refractivity contribution >= 4 is 33.4 Å². The van der Waals surface area contributed by atoms with Crippen LogP contribution in [-0.4, -0.2) is 38.6 Å². The van der Waals surface area contributed by atoms with Gasteiger partial charge in [0.1, 0.15) is 0 Å². The van der Waals surface area contributed by atoms with Gasteiger partial charge in [0.05, 0.1) is 6.61 Å². The molecule has 7 heteroatoms. The number of nitrogens with one attached hydrogen (secondary N) is 2. The van der Waals surface area contributed by atoms with Crippen LogP contribution in [0.25, 0.3) is 0 Å². The molecule has 0 aliphatic carbocycles. The van der Waals surface area contributed by atoms with Crippen LogP contribution in [0.5, 0.6) is 0 Å². The predicted octanol–water partition coefficient (Wildman–Crippen LogP) is 0.914. The Hall–Kier alpha value is -1.60. The zero-order valence-electron chi connectivity index (χ0n) is 11.2. The standard InChI is InChI=1S/C13H18BrN3O3/c1-20-7-6-16-12(18)4-5-17-13(19)9-2-3-10(14)11(15)8-9/h2-3,8H,4-7,15H2,1H3,(H,16,18)(H,17,19). The second-order valence-electron chi connectivity index (χ2n) is 4.08. The van der Waals surface area contributed by atoms with E-state index in [1.165, 1.54) is 0 Å². The van der Waals surface area contributed by atoms with Gasteiger partial charge in [-0.2, -0.15) is 0 Å². The van der Waals surface area contributed by atoms with E-state index in [4.69, 9.17) is 10.5 Å². The first-order valence-corrected chi connectivity index (χ1v) is 6.92. The Kier molecular flexibility index (Phi) is 7.03. The highest BCUT2D eigenvalue weighted by Crippen LogP contribution is 2.19. The monoisotopic (exact) mass is 343 g/mol. The fourth-order valence-corrected chi connectivity index (χ4v) is 1.70. The molecule has 0 radical (unpaired) electrons. The molecule has 0 aliphatic heterocycles. The number of carbonyl (C=O) groups excluding carboxylic acids is 2. The van der Waals surface area contributed by atoms with Gasteiger partial charge >= 0.3 is 0 Å². The number of hydrogen-bond donors (Lipinski definition) is 3. The maximum absolute atomic E-state index is 11.8. The van der Waals surface area contributed by atoms with Gasteiger partial charge in [-0.25, -0.2) is 0 Å². The summed E-state index contributed by atoms with van der Waals surface area (Å²) in [5.41, 5.74) is 6.66. The SMILES string of the molecule is COCCNC(=O)CCNC(=O)c1ccc(Br)c(N)c1. The third-order valence-electron chi connectivity index (χ3n) is 2.52.